The number of oxazole rings is 1. The van der Waals surface area contributed by atoms with Crippen LogP contribution in [0, 0.1) is 10.1 Å². The molecule has 0 spiro atoms. The van der Waals surface area contributed by atoms with E-state index in [4.69, 9.17) is 27.6 Å². The summed E-state index contributed by atoms with van der Waals surface area (Å²) in [6.07, 6.45) is 0. The molecule has 1 amide bonds. The number of rotatable bonds is 5. The molecular weight excluding hydrogens is 469 g/mol. The first-order valence-corrected chi connectivity index (χ1v) is 10.3. The number of nitrogens with zero attached hydrogens (tertiary/aromatic N) is 2. The lowest BCUT2D eigenvalue weighted by Gasteiger charge is -2.05. The Morgan fingerprint density at radius 3 is 2.36 bits per heavy atom. The van der Waals surface area contributed by atoms with E-state index in [0.29, 0.717) is 26.7 Å². The first kappa shape index (κ1) is 22.3. The first-order chi connectivity index (χ1) is 15.7. The molecule has 0 saturated carbocycles. The Bertz CT molecular complexity index is 1380. The summed E-state index contributed by atoms with van der Waals surface area (Å²) in [6, 6.07) is 15.6. The number of hydrogen-bond donors (Lipinski definition) is 2. The molecule has 2 N–H and O–H groups in total. The number of benzene rings is 3. The van der Waals surface area contributed by atoms with Crippen molar-refractivity contribution in [2.75, 3.05) is 5.32 Å². The van der Waals surface area contributed by atoms with Gasteiger partial charge in [0.05, 0.1) is 20.5 Å². The molecule has 10 heteroatoms. The number of nitro groups is 1. The van der Waals surface area contributed by atoms with Crippen LogP contribution in [0.4, 0.5) is 11.6 Å². The van der Waals surface area contributed by atoms with Crippen LogP contribution in [0.25, 0.3) is 33.8 Å². The van der Waals surface area contributed by atoms with Gasteiger partial charge in [-0.25, -0.2) is 4.98 Å². The molecule has 0 atom stereocenters. The highest BCUT2D eigenvalue weighted by atomic mass is 35.5. The normalized spacial score (nSPS) is 10.8. The average Bonchev–Trinajstić information content (AvgIpc) is 3.15. The van der Waals surface area contributed by atoms with E-state index in [9.17, 15) is 20.0 Å². The highest BCUT2D eigenvalue weighted by Crippen LogP contribution is 2.42. The molecule has 8 nitrogen and oxygen atoms in total. The molecule has 3 aromatic carbocycles. The Balaban J connectivity index is 1.80. The fraction of sp³-hybridized carbons (Fsp3) is 0.0435. The molecule has 0 fully saturated rings. The van der Waals surface area contributed by atoms with Gasteiger partial charge in [-0.1, -0.05) is 47.5 Å². The number of nitro benzene ring substituents is 1. The lowest BCUT2D eigenvalue weighted by atomic mass is 10.0. The van der Waals surface area contributed by atoms with E-state index in [1.165, 1.54) is 25.1 Å². The third-order valence-corrected chi connectivity index (χ3v) is 5.36. The van der Waals surface area contributed by atoms with Crippen molar-refractivity contribution in [3.63, 3.8) is 0 Å². The molecule has 0 unspecified atom stereocenters. The quantitative estimate of drug-likeness (QED) is 0.245. The standard InChI is InChI=1S/C23H15Cl2N3O5/c1-12(29)26-23-21(20-17(24)6-3-7-18(20)25)27-22(33-23)16-9-8-14(11-19(16)30)13-4-2-5-15(10-13)28(31)32/h2-11,30H,1H3,(H,26,29). The molecule has 1 heterocycles. The predicted molar refractivity (Wildman–Crippen MR) is 125 cm³/mol. The summed E-state index contributed by atoms with van der Waals surface area (Å²) in [5.41, 5.74) is 1.87. The third kappa shape index (κ3) is 4.52. The third-order valence-electron chi connectivity index (χ3n) is 4.73. The molecule has 0 aliphatic rings. The van der Waals surface area contributed by atoms with Crippen molar-refractivity contribution in [3.05, 3.63) is 80.8 Å². The van der Waals surface area contributed by atoms with E-state index in [2.05, 4.69) is 10.3 Å². The molecule has 4 rings (SSSR count). The van der Waals surface area contributed by atoms with Crippen LogP contribution in [0.1, 0.15) is 6.92 Å². The second kappa shape index (κ2) is 8.93. The van der Waals surface area contributed by atoms with Crippen LogP contribution in [-0.4, -0.2) is 20.9 Å². The van der Waals surface area contributed by atoms with Crippen LogP contribution < -0.4 is 5.32 Å². The van der Waals surface area contributed by atoms with Gasteiger partial charge in [0, 0.05) is 24.6 Å². The molecule has 0 aliphatic carbocycles. The molecule has 4 aromatic rings. The lowest BCUT2D eigenvalue weighted by molar-refractivity contribution is -0.384. The summed E-state index contributed by atoms with van der Waals surface area (Å²) in [5.74, 6) is -0.527. The highest BCUT2D eigenvalue weighted by Gasteiger charge is 2.23. The minimum Gasteiger partial charge on any atom is -0.507 e. The first-order valence-electron chi connectivity index (χ1n) is 9.55. The zero-order valence-electron chi connectivity index (χ0n) is 17.0. The number of aromatic hydroxyl groups is 1. The van der Waals surface area contributed by atoms with Crippen molar-refractivity contribution in [2.24, 2.45) is 0 Å². The Morgan fingerprint density at radius 1 is 1.06 bits per heavy atom. The van der Waals surface area contributed by atoms with Gasteiger partial charge in [-0.3, -0.25) is 20.2 Å². The van der Waals surface area contributed by atoms with Gasteiger partial charge in [-0.15, -0.1) is 0 Å². The number of halogens is 2. The number of phenols is 1. The number of carbonyl (C=O) groups excluding carboxylic acids is 1. The Hall–Kier alpha value is -3.88. The SMILES string of the molecule is CC(=O)Nc1oc(-c2ccc(-c3cccc([N+](=O)[O-])c3)cc2O)nc1-c1c(Cl)cccc1Cl. The minimum atomic E-state index is -0.491. The highest BCUT2D eigenvalue weighted by molar-refractivity contribution is 6.39. The van der Waals surface area contributed by atoms with E-state index >= 15 is 0 Å². The zero-order valence-corrected chi connectivity index (χ0v) is 18.5. The lowest BCUT2D eigenvalue weighted by Crippen LogP contribution is -2.06. The molecule has 33 heavy (non-hydrogen) atoms. The van der Waals surface area contributed by atoms with Crippen LogP contribution >= 0.6 is 23.2 Å². The van der Waals surface area contributed by atoms with Crippen molar-refractivity contribution < 1.29 is 19.2 Å². The summed E-state index contributed by atoms with van der Waals surface area (Å²) in [4.78, 5) is 26.7. The number of anilines is 1. The van der Waals surface area contributed by atoms with Crippen molar-refractivity contribution in [1.82, 2.24) is 4.98 Å². The van der Waals surface area contributed by atoms with Crippen LogP contribution in [-0.2, 0) is 4.79 Å². The number of carbonyl (C=O) groups is 1. The second-order valence-electron chi connectivity index (χ2n) is 7.01. The van der Waals surface area contributed by atoms with E-state index in [-0.39, 0.29) is 34.5 Å². The number of hydrogen-bond acceptors (Lipinski definition) is 6. The Morgan fingerprint density at radius 2 is 1.73 bits per heavy atom. The van der Waals surface area contributed by atoms with Gasteiger partial charge in [-0.2, -0.15) is 0 Å². The molecule has 0 aliphatic heterocycles. The monoisotopic (exact) mass is 483 g/mol. The van der Waals surface area contributed by atoms with Crippen molar-refractivity contribution >= 4 is 40.7 Å². The number of phenolic OH excluding ortho intramolecular Hbond substituents is 1. The molecule has 1 aromatic heterocycles. The maximum atomic E-state index is 11.7. The summed E-state index contributed by atoms with van der Waals surface area (Å²) in [6.45, 7) is 1.31. The van der Waals surface area contributed by atoms with Gasteiger partial charge in [0.2, 0.25) is 17.7 Å². The maximum absolute atomic E-state index is 11.7. The molecule has 0 radical (unpaired) electrons. The number of amides is 1. The van der Waals surface area contributed by atoms with Crippen LogP contribution in [0.2, 0.25) is 10.0 Å². The number of non-ortho nitro benzene ring substituents is 1. The van der Waals surface area contributed by atoms with Gasteiger partial charge >= 0.3 is 0 Å². The largest absolute Gasteiger partial charge is 0.507 e. The fourth-order valence-corrected chi connectivity index (χ4v) is 3.84. The van der Waals surface area contributed by atoms with Gasteiger partial charge < -0.3 is 9.52 Å². The van der Waals surface area contributed by atoms with E-state index in [1.807, 2.05) is 0 Å². The number of aromatic nitrogens is 1. The summed E-state index contributed by atoms with van der Waals surface area (Å²) >= 11 is 12.6. The average molecular weight is 484 g/mol. The van der Waals surface area contributed by atoms with Crippen LogP contribution in [0.3, 0.4) is 0 Å². The minimum absolute atomic E-state index is 0.0211. The molecule has 0 saturated heterocycles. The Labute approximate surface area is 197 Å². The maximum Gasteiger partial charge on any atom is 0.270 e. The van der Waals surface area contributed by atoms with Crippen molar-refractivity contribution in [1.29, 1.82) is 0 Å². The van der Waals surface area contributed by atoms with Gasteiger partial charge in [0.15, 0.2) is 0 Å². The van der Waals surface area contributed by atoms with Gasteiger partial charge in [0.25, 0.3) is 5.69 Å². The second-order valence-corrected chi connectivity index (χ2v) is 7.83. The van der Waals surface area contributed by atoms with Crippen LogP contribution in [0.5, 0.6) is 5.75 Å². The van der Waals surface area contributed by atoms with Gasteiger partial charge in [-0.05, 0) is 35.4 Å². The molecular formula is C23H15Cl2N3O5. The number of nitrogens with one attached hydrogen (secondary N) is 1. The topological polar surface area (TPSA) is 118 Å². The summed E-state index contributed by atoms with van der Waals surface area (Å²) < 4.78 is 5.74. The van der Waals surface area contributed by atoms with Gasteiger partial charge in [0.1, 0.15) is 11.4 Å². The Kier molecular flexibility index (Phi) is 6.04. The summed E-state index contributed by atoms with van der Waals surface area (Å²) in [5, 5.41) is 24.9. The fourth-order valence-electron chi connectivity index (χ4n) is 3.26. The smallest absolute Gasteiger partial charge is 0.270 e. The summed E-state index contributed by atoms with van der Waals surface area (Å²) in [7, 11) is 0. The van der Waals surface area contributed by atoms with E-state index in [1.54, 1.807) is 42.5 Å². The van der Waals surface area contributed by atoms with Crippen LogP contribution in [0.15, 0.2) is 65.1 Å². The molecule has 0 bridgehead atoms. The van der Waals surface area contributed by atoms with Crippen molar-refractivity contribution in [3.8, 4) is 39.6 Å². The zero-order chi connectivity index (χ0) is 23.7. The van der Waals surface area contributed by atoms with E-state index < -0.39 is 10.8 Å². The van der Waals surface area contributed by atoms with Crippen molar-refractivity contribution in [2.45, 2.75) is 6.92 Å². The molecule has 166 valence electrons. The van der Waals surface area contributed by atoms with E-state index in [0.717, 1.165) is 0 Å². The predicted octanol–water partition coefficient (Wildman–Crippen LogP) is 6.55.